The molecule has 146 valence electrons. The molecule has 0 saturated carbocycles. The van der Waals surface area contributed by atoms with E-state index in [1.807, 2.05) is 19.0 Å². The average molecular weight is 379 g/mol. The monoisotopic (exact) mass is 379 g/mol. The molecule has 0 aromatic heterocycles. The molecule has 3 rings (SSSR count). The molecule has 0 atom stereocenters. The van der Waals surface area contributed by atoms with E-state index in [1.54, 1.807) is 24.3 Å². The number of imide groups is 1. The summed E-state index contributed by atoms with van der Waals surface area (Å²) in [4.78, 5) is 39.9. The van der Waals surface area contributed by atoms with Crippen LogP contribution in [0.3, 0.4) is 0 Å². The molecule has 6 nitrogen and oxygen atoms in total. The van der Waals surface area contributed by atoms with Gasteiger partial charge in [-0.15, -0.1) is 0 Å². The van der Waals surface area contributed by atoms with Gasteiger partial charge in [0.15, 0.2) is 0 Å². The Hall–Kier alpha value is -3.15. The van der Waals surface area contributed by atoms with Gasteiger partial charge >= 0.3 is 0 Å². The highest BCUT2D eigenvalue weighted by Gasteiger charge is 2.34. The van der Waals surface area contributed by atoms with E-state index >= 15 is 0 Å². The minimum absolute atomic E-state index is 0.0680. The topological polar surface area (TPSA) is 69.7 Å². The van der Waals surface area contributed by atoms with Crippen molar-refractivity contribution in [3.8, 4) is 0 Å². The van der Waals surface area contributed by atoms with Crippen LogP contribution in [-0.4, -0.2) is 49.8 Å². The van der Waals surface area contributed by atoms with Gasteiger partial charge in [0, 0.05) is 39.3 Å². The molecule has 2 aromatic rings. The van der Waals surface area contributed by atoms with Gasteiger partial charge in [-0.25, -0.2) is 0 Å². The van der Waals surface area contributed by atoms with Crippen molar-refractivity contribution >= 4 is 23.4 Å². The maximum Gasteiger partial charge on any atom is 0.261 e. The van der Waals surface area contributed by atoms with E-state index < -0.39 is 0 Å². The Morgan fingerprint density at radius 1 is 0.964 bits per heavy atom. The Morgan fingerprint density at radius 3 is 2.14 bits per heavy atom. The van der Waals surface area contributed by atoms with Gasteiger partial charge in [-0.3, -0.25) is 19.3 Å². The van der Waals surface area contributed by atoms with Gasteiger partial charge in [-0.05, 0) is 42.7 Å². The molecule has 1 aliphatic heterocycles. The van der Waals surface area contributed by atoms with Gasteiger partial charge in [0.05, 0.1) is 11.1 Å². The maximum atomic E-state index is 12.3. The van der Waals surface area contributed by atoms with Gasteiger partial charge in [0.25, 0.3) is 11.8 Å². The number of benzene rings is 2. The smallest absolute Gasteiger partial charge is 0.261 e. The van der Waals surface area contributed by atoms with Crippen LogP contribution >= 0.6 is 0 Å². The summed E-state index contributed by atoms with van der Waals surface area (Å²) in [5, 5.41) is 2.90. The summed E-state index contributed by atoms with van der Waals surface area (Å²) in [5.74, 6) is -0.620. The zero-order valence-corrected chi connectivity index (χ0v) is 16.3. The van der Waals surface area contributed by atoms with E-state index in [0.717, 1.165) is 17.7 Å². The van der Waals surface area contributed by atoms with Crippen molar-refractivity contribution < 1.29 is 14.4 Å². The highest BCUT2D eigenvalue weighted by atomic mass is 16.2. The third-order valence-electron chi connectivity index (χ3n) is 4.85. The molecule has 1 heterocycles. The lowest BCUT2D eigenvalue weighted by molar-refractivity contribution is -0.121. The fourth-order valence-corrected chi connectivity index (χ4v) is 3.24. The largest absolute Gasteiger partial charge is 0.378 e. The zero-order valence-electron chi connectivity index (χ0n) is 16.3. The first-order valence-electron chi connectivity index (χ1n) is 9.45. The fourth-order valence-electron chi connectivity index (χ4n) is 3.24. The first-order valence-corrected chi connectivity index (χ1v) is 9.45. The number of nitrogens with one attached hydrogen (secondary N) is 1. The second-order valence-corrected chi connectivity index (χ2v) is 7.07. The molecular weight excluding hydrogens is 354 g/mol. The number of anilines is 1. The molecule has 28 heavy (non-hydrogen) atoms. The molecule has 1 aliphatic rings. The number of rotatable bonds is 8. The Balaban J connectivity index is 1.38. The number of hydrogen-bond donors (Lipinski definition) is 1. The summed E-state index contributed by atoms with van der Waals surface area (Å²) in [5.41, 5.74) is 3.19. The van der Waals surface area contributed by atoms with Crippen LogP contribution in [0.15, 0.2) is 48.5 Å². The highest BCUT2D eigenvalue weighted by molar-refractivity contribution is 6.21. The molecule has 2 aromatic carbocycles. The summed E-state index contributed by atoms with van der Waals surface area (Å²) in [6, 6.07) is 15.0. The van der Waals surface area contributed by atoms with Gasteiger partial charge in [-0.1, -0.05) is 24.3 Å². The Labute approximate surface area is 165 Å². The maximum absolute atomic E-state index is 12.3. The highest BCUT2D eigenvalue weighted by Crippen LogP contribution is 2.22. The van der Waals surface area contributed by atoms with Crippen molar-refractivity contribution in [2.45, 2.75) is 19.3 Å². The van der Waals surface area contributed by atoms with E-state index in [2.05, 4.69) is 29.6 Å². The summed E-state index contributed by atoms with van der Waals surface area (Å²) in [7, 11) is 3.99. The molecule has 3 amide bonds. The van der Waals surface area contributed by atoms with Gasteiger partial charge < -0.3 is 10.2 Å². The number of carbonyl (C=O) groups is 3. The summed E-state index contributed by atoms with van der Waals surface area (Å²) in [6.45, 7) is 0.818. The van der Waals surface area contributed by atoms with E-state index in [4.69, 9.17) is 0 Å². The van der Waals surface area contributed by atoms with E-state index in [0.29, 0.717) is 24.1 Å². The number of nitrogens with zero attached hydrogens (tertiary/aromatic N) is 2. The molecule has 0 radical (unpaired) electrons. The lowest BCUT2D eigenvalue weighted by Crippen LogP contribution is -2.32. The number of amides is 3. The summed E-state index contributed by atoms with van der Waals surface area (Å²) in [6.07, 6.45) is 1.50. The first-order chi connectivity index (χ1) is 13.5. The molecule has 0 aliphatic carbocycles. The van der Waals surface area contributed by atoms with Crippen molar-refractivity contribution in [1.82, 2.24) is 10.2 Å². The molecule has 0 bridgehead atoms. The predicted octanol–water partition coefficient (Wildman–Crippen LogP) is 2.49. The van der Waals surface area contributed by atoms with Crippen molar-refractivity contribution in [2.24, 2.45) is 0 Å². The third-order valence-corrected chi connectivity index (χ3v) is 4.85. The minimum atomic E-state index is -0.276. The van der Waals surface area contributed by atoms with Crippen LogP contribution in [0.4, 0.5) is 5.69 Å². The van der Waals surface area contributed by atoms with Crippen LogP contribution in [0.25, 0.3) is 0 Å². The van der Waals surface area contributed by atoms with Crippen LogP contribution in [0, 0.1) is 0 Å². The normalized spacial score (nSPS) is 12.9. The van der Waals surface area contributed by atoms with E-state index in [9.17, 15) is 14.4 Å². The van der Waals surface area contributed by atoms with Crippen LogP contribution in [0.1, 0.15) is 39.1 Å². The average Bonchev–Trinajstić information content (AvgIpc) is 2.93. The molecule has 0 fully saturated rings. The van der Waals surface area contributed by atoms with Crippen LogP contribution in [-0.2, 0) is 11.2 Å². The van der Waals surface area contributed by atoms with Crippen LogP contribution in [0.5, 0.6) is 0 Å². The molecule has 6 heteroatoms. The summed E-state index contributed by atoms with van der Waals surface area (Å²) >= 11 is 0. The second-order valence-electron chi connectivity index (χ2n) is 7.07. The van der Waals surface area contributed by atoms with Crippen molar-refractivity contribution in [1.29, 1.82) is 0 Å². The van der Waals surface area contributed by atoms with Crippen molar-refractivity contribution in [2.75, 3.05) is 32.1 Å². The zero-order chi connectivity index (χ0) is 20.1. The van der Waals surface area contributed by atoms with Crippen molar-refractivity contribution in [3.05, 3.63) is 65.2 Å². The third kappa shape index (κ3) is 4.39. The molecular formula is C22H25N3O3. The molecule has 1 N–H and O–H groups in total. The van der Waals surface area contributed by atoms with Gasteiger partial charge in [0.1, 0.15) is 0 Å². The fraction of sp³-hybridized carbons (Fsp3) is 0.318. The van der Waals surface area contributed by atoms with Crippen LogP contribution in [0.2, 0.25) is 0 Å². The summed E-state index contributed by atoms with van der Waals surface area (Å²) < 4.78 is 0. The lowest BCUT2D eigenvalue weighted by atomic mass is 10.1. The minimum Gasteiger partial charge on any atom is -0.378 e. The quantitative estimate of drug-likeness (QED) is 0.716. The molecule has 0 unspecified atom stereocenters. The van der Waals surface area contributed by atoms with Gasteiger partial charge in [-0.2, -0.15) is 0 Å². The second kappa shape index (κ2) is 8.69. The Morgan fingerprint density at radius 2 is 1.57 bits per heavy atom. The standard InChI is InChI=1S/C22H25N3O3/c1-24(2)17-11-9-16(10-12-17)13-14-23-20(26)8-5-15-25-21(27)18-6-3-4-7-19(18)22(25)28/h3-4,6-7,9-12H,5,8,13-15H2,1-2H3,(H,23,26). The van der Waals surface area contributed by atoms with E-state index in [-0.39, 0.29) is 30.7 Å². The molecule has 0 saturated heterocycles. The Bertz CT molecular complexity index is 840. The SMILES string of the molecule is CN(C)c1ccc(CCNC(=O)CCCN2C(=O)c3ccccc3C2=O)cc1. The lowest BCUT2D eigenvalue weighted by Gasteiger charge is -2.14. The van der Waals surface area contributed by atoms with Crippen LogP contribution < -0.4 is 10.2 Å². The van der Waals surface area contributed by atoms with Gasteiger partial charge in [0.2, 0.25) is 5.91 Å². The number of hydrogen-bond acceptors (Lipinski definition) is 4. The molecule has 0 spiro atoms. The number of carbonyl (C=O) groups excluding carboxylic acids is 3. The van der Waals surface area contributed by atoms with Crippen molar-refractivity contribution in [3.63, 3.8) is 0 Å². The number of fused-ring (bicyclic) bond motifs is 1. The first kappa shape index (κ1) is 19.6. The Kier molecular flexibility index (Phi) is 6.09. The predicted molar refractivity (Wildman–Crippen MR) is 109 cm³/mol. The van der Waals surface area contributed by atoms with E-state index in [1.165, 1.54) is 4.90 Å².